The second-order valence-electron chi connectivity index (χ2n) is 3.09. The lowest BCUT2D eigenvalue weighted by Gasteiger charge is -2.15. The first kappa shape index (κ1) is 9.73. The van der Waals surface area contributed by atoms with Gasteiger partial charge in [-0.1, -0.05) is 23.7 Å². The Morgan fingerprint density at radius 1 is 1.20 bits per heavy atom. The number of aliphatic hydroxyl groups excluding tert-OH is 1. The van der Waals surface area contributed by atoms with Crippen LogP contribution in [0.3, 0.4) is 0 Å². The molecule has 0 aromatic heterocycles. The molecule has 4 nitrogen and oxygen atoms in total. The number of carbonyl (C=O) groups is 2. The molecular weight excluding hydrogens is 218 g/mol. The van der Waals surface area contributed by atoms with Crippen molar-refractivity contribution in [2.45, 2.75) is 0 Å². The third-order valence-electron chi connectivity index (χ3n) is 2.19. The highest BCUT2D eigenvalue weighted by Gasteiger charge is 2.32. The zero-order chi connectivity index (χ0) is 11.2. The molecule has 0 radical (unpaired) electrons. The van der Waals surface area contributed by atoms with E-state index in [-0.39, 0.29) is 16.8 Å². The molecule has 2 rings (SSSR count). The van der Waals surface area contributed by atoms with Gasteiger partial charge in [-0.05, 0) is 6.07 Å². The summed E-state index contributed by atoms with van der Waals surface area (Å²) in [6, 6.07) is 4.47. The first-order valence-corrected chi connectivity index (χ1v) is 4.48. The van der Waals surface area contributed by atoms with Gasteiger partial charge in [-0.2, -0.15) is 0 Å². The van der Waals surface area contributed by atoms with E-state index in [0.29, 0.717) is 0 Å². The van der Waals surface area contributed by atoms with E-state index in [9.17, 15) is 14.7 Å². The average molecular weight is 224 g/mol. The fourth-order valence-electron chi connectivity index (χ4n) is 1.46. The largest absolute Gasteiger partial charge is 0.505 e. The summed E-state index contributed by atoms with van der Waals surface area (Å²) < 4.78 is 0. The Labute approximate surface area is 90.0 Å². The van der Waals surface area contributed by atoms with Crippen molar-refractivity contribution in [2.24, 2.45) is 0 Å². The minimum atomic E-state index is -0.910. The van der Waals surface area contributed by atoms with E-state index < -0.39 is 22.4 Å². The lowest BCUT2D eigenvalue weighted by atomic mass is 9.92. The van der Waals surface area contributed by atoms with Gasteiger partial charge in [-0.3, -0.25) is 9.59 Å². The summed E-state index contributed by atoms with van der Waals surface area (Å²) in [5, 5.41) is 9.11. The summed E-state index contributed by atoms with van der Waals surface area (Å²) in [6.07, 6.45) is 0. The smallest absolute Gasteiger partial charge is 0.248 e. The third kappa shape index (κ3) is 1.22. The van der Waals surface area contributed by atoms with Crippen molar-refractivity contribution in [3.8, 4) is 0 Å². The van der Waals surface area contributed by atoms with Gasteiger partial charge in [-0.25, -0.2) is 0 Å². The van der Waals surface area contributed by atoms with E-state index in [4.69, 9.17) is 17.3 Å². The van der Waals surface area contributed by atoms with E-state index >= 15 is 0 Å². The number of aliphatic hydroxyl groups is 1. The predicted molar refractivity (Wildman–Crippen MR) is 55.6 cm³/mol. The Morgan fingerprint density at radius 3 is 2.53 bits per heavy atom. The number of benzene rings is 1. The van der Waals surface area contributed by atoms with Gasteiger partial charge in [-0.15, -0.1) is 0 Å². The van der Waals surface area contributed by atoms with Crippen molar-refractivity contribution in [3.05, 3.63) is 34.4 Å². The molecular formula is C10H6ClNO3. The molecule has 1 aromatic rings. The summed E-state index contributed by atoms with van der Waals surface area (Å²) in [5.74, 6) is -2.10. The Balaban J connectivity index is 2.84. The molecule has 3 N–H and O–H groups in total. The quantitative estimate of drug-likeness (QED) is 0.516. The first-order valence-electron chi connectivity index (χ1n) is 4.10. The number of halogens is 1. The Kier molecular flexibility index (Phi) is 2.01. The normalized spacial score (nSPS) is 15.5. The van der Waals surface area contributed by atoms with Crippen LogP contribution in [0.2, 0.25) is 0 Å². The van der Waals surface area contributed by atoms with Crippen LogP contribution in [0.1, 0.15) is 15.9 Å². The molecule has 0 aliphatic heterocycles. The number of allylic oxidation sites excluding steroid dienone is 1. The maximum atomic E-state index is 11.5. The average Bonchev–Trinajstić information content (AvgIpc) is 2.23. The van der Waals surface area contributed by atoms with Gasteiger partial charge in [0.15, 0.2) is 0 Å². The molecule has 0 bridgehead atoms. The summed E-state index contributed by atoms with van der Waals surface area (Å²) >= 11 is 5.52. The highest BCUT2D eigenvalue weighted by Crippen LogP contribution is 2.33. The zero-order valence-corrected chi connectivity index (χ0v) is 8.21. The number of carbonyl (C=O) groups excluding carboxylic acids is 2. The molecule has 0 unspecified atom stereocenters. The van der Waals surface area contributed by atoms with Crippen molar-refractivity contribution in [1.82, 2.24) is 0 Å². The fourth-order valence-corrected chi connectivity index (χ4v) is 1.64. The van der Waals surface area contributed by atoms with Crippen LogP contribution in [0.4, 0.5) is 5.69 Å². The molecule has 5 heteroatoms. The number of fused-ring (bicyclic) bond motifs is 1. The van der Waals surface area contributed by atoms with Crippen molar-refractivity contribution < 1.29 is 14.7 Å². The summed E-state index contributed by atoms with van der Waals surface area (Å²) in [4.78, 5) is 22.8. The number of ketones is 2. The highest BCUT2D eigenvalue weighted by molar-refractivity contribution is 6.64. The highest BCUT2D eigenvalue weighted by atomic mass is 35.5. The van der Waals surface area contributed by atoms with Crippen LogP contribution < -0.4 is 5.73 Å². The topological polar surface area (TPSA) is 80.4 Å². The molecule has 0 fully saturated rings. The number of anilines is 1. The van der Waals surface area contributed by atoms with Crippen LogP contribution in [-0.4, -0.2) is 16.7 Å². The number of Topliss-reactive ketones (excluding diaryl/α,β-unsaturated/α-hetero) is 2. The van der Waals surface area contributed by atoms with Crippen LogP contribution in [0, 0.1) is 0 Å². The van der Waals surface area contributed by atoms with Gasteiger partial charge in [0.25, 0.3) is 0 Å². The van der Waals surface area contributed by atoms with Gasteiger partial charge in [0, 0.05) is 11.3 Å². The van der Waals surface area contributed by atoms with Crippen LogP contribution in [-0.2, 0) is 4.79 Å². The first-order chi connectivity index (χ1) is 7.04. The lowest BCUT2D eigenvalue weighted by molar-refractivity contribution is -0.111. The molecule has 1 aromatic carbocycles. The molecule has 0 spiro atoms. The van der Waals surface area contributed by atoms with Crippen molar-refractivity contribution in [1.29, 1.82) is 0 Å². The molecule has 0 saturated carbocycles. The zero-order valence-electron chi connectivity index (χ0n) is 7.45. The molecule has 1 aliphatic carbocycles. The Morgan fingerprint density at radius 2 is 1.87 bits per heavy atom. The summed E-state index contributed by atoms with van der Waals surface area (Å²) in [6.45, 7) is 0. The van der Waals surface area contributed by atoms with Gasteiger partial charge >= 0.3 is 0 Å². The number of rotatable bonds is 0. The van der Waals surface area contributed by atoms with Crippen molar-refractivity contribution in [2.75, 3.05) is 5.73 Å². The van der Waals surface area contributed by atoms with Gasteiger partial charge in [0.1, 0.15) is 10.8 Å². The number of nitrogen functional groups attached to an aromatic ring is 1. The second kappa shape index (κ2) is 3.10. The van der Waals surface area contributed by atoms with E-state index in [1.807, 2.05) is 0 Å². The second-order valence-corrected chi connectivity index (χ2v) is 3.47. The Bertz CT molecular complexity index is 519. The van der Waals surface area contributed by atoms with Crippen molar-refractivity contribution in [3.63, 3.8) is 0 Å². The van der Waals surface area contributed by atoms with Gasteiger partial charge in [0.05, 0.1) is 5.56 Å². The summed E-state index contributed by atoms with van der Waals surface area (Å²) in [5.41, 5.74) is 6.01. The van der Waals surface area contributed by atoms with E-state index in [1.54, 1.807) is 0 Å². The molecule has 76 valence electrons. The van der Waals surface area contributed by atoms with Crippen LogP contribution in [0.15, 0.2) is 23.2 Å². The lowest BCUT2D eigenvalue weighted by Crippen LogP contribution is -2.22. The molecule has 15 heavy (non-hydrogen) atoms. The fraction of sp³-hybridized carbons (Fsp3) is 0. The minimum Gasteiger partial charge on any atom is -0.505 e. The molecule has 0 atom stereocenters. The SMILES string of the molecule is Nc1cccc2c1C(O)=C(Cl)C(=O)C2=O. The molecule has 0 saturated heterocycles. The Hall–Kier alpha value is -1.81. The van der Waals surface area contributed by atoms with Gasteiger partial charge < -0.3 is 10.8 Å². The maximum absolute atomic E-state index is 11.5. The minimum absolute atomic E-state index is 0.0851. The number of hydrogen-bond donors (Lipinski definition) is 2. The number of hydrogen-bond acceptors (Lipinski definition) is 4. The van der Waals surface area contributed by atoms with E-state index in [0.717, 1.165) is 0 Å². The molecule has 0 amide bonds. The molecule has 0 heterocycles. The van der Waals surface area contributed by atoms with Gasteiger partial charge in [0.2, 0.25) is 11.6 Å². The predicted octanol–water partition coefficient (Wildman–Crippen LogP) is 1.50. The summed E-state index contributed by atoms with van der Waals surface area (Å²) in [7, 11) is 0. The standard InChI is InChI=1S/C10H6ClNO3/c11-7-9(14)6-4(8(13)10(7)15)2-1-3-5(6)12/h1-3,14H,12H2. The molecule has 1 aliphatic rings. The van der Waals surface area contributed by atoms with E-state index in [2.05, 4.69) is 0 Å². The maximum Gasteiger partial charge on any atom is 0.248 e. The van der Waals surface area contributed by atoms with Crippen LogP contribution >= 0.6 is 11.6 Å². The number of nitrogens with two attached hydrogens (primary N) is 1. The third-order valence-corrected chi connectivity index (χ3v) is 2.54. The van der Waals surface area contributed by atoms with Crippen molar-refractivity contribution >= 4 is 34.6 Å². The monoisotopic (exact) mass is 223 g/mol. The van der Waals surface area contributed by atoms with E-state index in [1.165, 1.54) is 18.2 Å². The van der Waals surface area contributed by atoms with Crippen LogP contribution in [0.5, 0.6) is 0 Å². The van der Waals surface area contributed by atoms with Crippen LogP contribution in [0.25, 0.3) is 5.76 Å².